The molecule has 0 aromatic heterocycles. The standard InChI is InChI=1S/C18H28N2O2/c1-13(2)18(16-8-5-4-7-14(16)3)19-11-15(21)12-20-10-6-9-17(20)22/h4-5,7-8,13,15,18-19,21H,6,9-12H2,1-3H3. The molecule has 4 heteroatoms. The minimum atomic E-state index is -0.521. The number of benzene rings is 1. The second-order valence-electron chi connectivity index (χ2n) is 6.58. The van der Waals surface area contributed by atoms with Crippen LogP contribution in [0, 0.1) is 12.8 Å². The molecule has 1 fully saturated rings. The van der Waals surface area contributed by atoms with Gasteiger partial charge in [0.1, 0.15) is 0 Å². The summed E-state index contributed by atoms with van der Waals surface area (Å²) in [5, 5.41) is 13.7. The van der Waals surface area contributed by atoms with E-state index >= 15 is 0 Å². The molecule has 0 bridgehead atoms. The molecule has 2 N–H and O–H groups in total. The molecular weight excluding hydrogens is 276 g/mol. The van der Waals surface area contributed by atoms with Gasteiger partial charge in [0.15, 0.2) is 0 Å². The second kappa shape index (κ2) is 7.75. The van der Waals surface area contributed by atoms with E-state index in [4.69, 9.17) is 0 Å². The number of aliphatic hydroxyl groups is 1. The van der Waals surface area contributed by atoms with Crippen molar-refractivity contribution in [3.8, 4) is 0 Å². The molecule has 4 nitrogen and oxygen atoms in total. The Balaban J connectivity index is 1.92. The molecule has 2 atom stereocenters. The number of aliphatic hydroxyl groups excluding tert-OH is 1. The highest BCUT2D eigenvalue weighted by Gasteiger charge is 2.23. The summed E-state index contributed by atoms with van der Waals surface area (Å²) in [7, 11) is 0. The summed E-state index contributed by atoms with van der Waals surface area (Å²) in [6.45, 7) is 8.19. The SMILES string of the molecule is Cc1ccccc1C(NCC(O)CN1CCCC1=O)C(C)C. The molecule has 2 unspecified atom stereocenters. The Morgan fingerprint density at radius 3 is 2.64 bits per heavy atom. The van der Waals surface area contributed by atoms with Crippen molar-refractivity contribution in [3.05, 3.63) is 35.4 Å². The van der Waals surface area contributed by atoms with E-state index in [1.54, 1.807) is 4.90 Å². The number of carbonyl (C=O) groups excluding carboxylic acids is 1. The third-order valence-electron chi connectivity index (χ3n) is 4.37. The Kier molecular flexibility index (Phi) is 5.98. The van der Waals surface area contributed by atoms with Gasteiger partial charge in [-0.05, 0) is 30.4 Å². The number of nitrogens with one attached hydrogen (secondary N) is 1. The Hall–Kier alpha value is -1.39. The molecule has 0 aliphatic carbocycles. The molecule has 1 aliphatic heterocycles. The maximum absolute atomic E-state index is 11.6. The Morgan fingerprint density at radius 1 is 1.32 bits per heavy atom. The van der Waals surface area contributed by atoms with Gasteiger partial charge in [-0.1, -0.05) is 38.1 Å². The van der Waals surface area contributed by atoms with E-state index in [2.05, 4.69) is 44.3 Å². The molecule has 0 radical (unpaired) electrons. The topological polar surface area (TPSA) is 52.6 Å². The van der Waals surface area contributed by atoms with Crippen LogP contribution in [0.25, 0.3) is 0 Å². The minimum Gasteiger partial charge on any atom is -0.390 e. The van der Waals surface area contributed by atoms with Crippen LogP contribution in [0.15, 0.2) is 24.3 Å². The first kappa shape index (κ1) is 17.0. The van der Waals surface area contributed by atoms with Gasteiger partial charge in [0, 0.05) is 32.1 Å². The van der Waals surface area contributed by atoms with Crippen LogP contribution >= 0.6 is 0 Å². The lowest BCUT2D eigenvalue weighted by Gasteiger charge is -2.27. The molecule has 0 spiro atoms. The zero-order chi connectivity index (χ0) is 16.1. The van der Waals surface area contributed by atoms with Crippen LogP contribution in [0.2, 0.25) is 0 Å². The Morgan fingerprint density at radius 2 is 2.05 bits per heavy atom. The first-order valence-corrected chi connectivity index (χ1v) is 8.23. The second-order valence-corrected chi connectivity index (χ2v) is 6.58. The number of nitrogens with zero attached hydrogens (tertiary/aromatic N) is 1. The molecule has 1 aromatic rings. The van der Waals surface area contributed by atoms with Crippen LogP contribution < -0.4 is 5.32 Å². The number of amides is 1. The summed E-state index contributed by atoms with van der Waals surface area (Å²) in [5.41, 5.74) is 2.54. The average molecular weight is 304 g/mol. The van der Waals surface area contributed by atoms with Crippen LogP contribution in [-0.2, 0) is 4.79 Å². The van der Waals surface area contributed by atoms with E-state index in [1.807, 2.05) is 6.07 Å². The van der Waals surface area contributed by atoms with Crippen molar-refractivity contribution in [2.75, 3.05) is 19.6 Å². The number of rotatable bonds is 7. The zero-order valence-electron chi connectivity index (χ0n) is 13.9. The minimum absolute atomic E-state index is 0.165. The molecule has 1 aromatic carbocycles. The lowest BCUT2D eigenvalue weighted by molar-refractivity contribution is -0.128. The van der Waals surface area contributed by atoms with Gasteiger partial charge in [-0.15, -0.1) is 0 Å². The van der Waals surface area contributed by atoms with Gasteiger partial charge in [-0.3, -0.25) is 4.79 Å². The number of hydrogen-bond donors (Lipinski definition) is 2. The summed E-state index contributed by atoms with van der Waals surface area (Å²) < 4.78 is 0. The summed E-state index contributed by atoms with van der Waals surface area (Å²) in [5.74, 6) is 0.597. The van der Waals surface area contributed by atoms with E-state index in [9.17, 15) is 9.90 Å². The highest BCUT2D eigenvalue weighted by molar-refractivity contribution is 5.78. The monoisotopic (exact) mass is 304 g/mol. The molecule has 122 valence electrons. The molecule has 1 heterocycles. The van der Waals surface area contributed by atoms with E-state index in [0.717, 1.165) is 13.0 Å². The third kappa shape index (κ3) is 4.31. The van der Waals surface area contributed by atoms with E-state index in [0.29, 0.717) is 25.4 Å². The maximum atomic E-state index is 11.6. The number of hydrogen-bond acceptors (Lipinski definition) is 3. The van der Waals surface area contributed by atoms with Crippen LogP contribution in [-0.4, -0.2) is 41.7 Å². The maximum Gasteiger partial charge on any atom is 0.222 e. The van der Waals surface area contributed by atoms with Crippen LogP contribution in [0.4, 0.5) is 0 Å². The number of aryl methyl sites for hydroxylation is 1. The van der Waals surface area contributed by atoms with Gasteiger partial charge in [0.25, 0.3) is 0 Å². The van der Waals surface area contributed by atoms with Gasteiger partial charge in [-0.2, -0.15) is 0 Å². The first-order valence-electron chi connectivity index (χ1n) is 8.23. The fourth-order valence-electron chi connectivity index (χ4n) is 3.12. The first-order chi connectivity index (χ1) is 10.5. The largest absolute Gasteiger partial charge is 0.390 e. The molecule has 1 amide bonds. The van der Waals surface area contributed by atoms with Crippen molar-refractivity contribution in [1.82, 2.24) is 10.2 Å². The molecule has 2 rings (SSSR count). The molecule has 0 saturated carbocycles. The van der Waals surface area contributed by atoms with Crippen molar-refractivity contribution >= 4 is 5.91 Å². The van der Waals surface area contributed by atoms with Crippen molar-refractivity contribution in [3.63, 3.8) is 0 Å². The van der Waals surface area contributed by atoms with Gasteiger partial charge in [-0.25, -0.2) is 0 Å². The van der Waals surface area contributed by atoms with Crippen molar-refractivity contribution < 1.29 is 9.90 Å². The quantitative estimate of drug-likeness (QED) is 0.812. The number of β-amino-alcohol motifs (C(OH)–C–C–N with tert-alkyl or cyclic N) is 1. The smallest absolute Gasteiger partial charge is 0.222 e. The van der Waals surface area contributed by atoms with E-state index < -0.39 is 6.10 Å². The van der Waals surface area contributed by atoms with Crippen LogP contribution in [0.3, 0.4) is 0 Å². The van der Waals surface area contributed by atoms with Crippen molar-refractivity contribution in [2.45, 2.75) is 45.8 Å². The van der Waals surface area contributed by atoms with E-state index in [-0.39, 0.29) is 11.9 Å². The molecule has 1 saturated heterocycles. The Bertz CT molecular complexity index is 502. The van der Waals surface area contributed by atoms with Crippen LogP contribution in [0.1, 0.15) is 43.9 Å². The predicted octanol–water partition coefficient (Wildman–Crippen LogP) is 2.27. The van der Waals surface area contributed by atoms with E-state index in [1.165, 1.54) is 11.1 Å². The average Bonchev–Trinajstić information content (AvgIpc) is 2.86. The molecule has 22 heavy (non-hydrogen) atoms. The van der Waals surface area contributed by atoms with Gasteiger partial charge < -0.3 is 15.3 Å². The van der Waals surface area contributed by atoms with Crippen LogP contribution in [0.5, 0.6) is 0 Å². The highest BCUT2D eigenvalue weighted by atomic mass is 16.3. The van der Waals surface area contributed by atoms with Crippen molar-refractivity contribution in [2.24, 2.45) is 5.92 Å². The van der Waals surface area contributed by atoms with Crippen molar-refractivity contribution in [1.29, 1.82) is 0 Å². The molecule has 1 aliphatic rings. The van der Waals surface area contributed by atoms with Gasteiger partial charge in [0.2, 0.25) is 5.91 Å². The lowest BCUT2D eigenvalue weighted by atomic mass is 9.92. The Labute approximate surface area is 133 Å². The van der Waals surface area contributed by atoms with Gasteiger partial charge in [0.05, 0.1) is 6.10 Å². The third-order valence-corrected chi connectivity index (χ3v) is 4.37. The fourth-order valence-corrected chi connectivity index (χ4v) is 3.12. The van der Waals surface area contributed by atoms with Gasteiger partial charge >= 0.3 is 0 Å². The summed E-state index contributed by atoms with van der Waals surface area (Å²) in [4.78, 5) is 13.4. The number of likely N-dealkylation sites (tertiary alicyclic amines) is 1. The molecular formula is C18H28N2O2. The highest BCUT2D eigenvalue weighted by Crippen LogP contribution is 2.24. The summed E-state index contributed by atoms with van der Waals surface area (Å²) in [6, 6.07) is 8.57. The normalized spacial score (nSPS) is 18.0. The number of carbonyl (C=O) groups is 1. The summed E-state index contributed by atoms with van der Waals surface area (Å²) in [6.07, 6.45) is 1.02. The fraction of sp³-hybridized carbons (Fsp3) is 0.611. The summed E-state index contributed by atoms with van der Waals surface area (Å²) >= 11 is 0. The lowest BCUT2D eigenvalue weighted by Crippen LogP contribution is -2.40. The zero-order valence-corrected chi connectivity index (χ0v) is 13.9. The predicted molar refractivity (Wildman–Crippen MR) is 88.6 cm³/mol.